The Morgan fingerprint density at radius 3 is 2.25 bits per heavy atom. The molecule has 2 aromatic carbocycles. The van der Waals surface area contributed by atoms with Crippen molar-refractivity contribution in [2.24, 2.45) is 0 Å². The van der Waals surface area contributed by atoms with Gasteiger partial charge in [0.15, 0.2) is 0 Å². The van der Waals surface area contributed by atoms with Gasteiger partial charge in [-0.05, 0) is 71.2 Å². The van der Waals surface area contributed by atoms with Crippen LogP contribution in [0.5, 0.6) is 0 Å². The second-order valence-corrected chi connectivity index (χ2v) is 7.90. The van der Waals surface area contributed by atoms with E-state index in [2.05, 4.69) is 36.6 Å². The molecule has 0 fully saturated rings. The molecule has 0 amide bonds. The average Bonchev–Trinajstić information content (AvgIpc) is 2.33. The molecule has 0 aliphatic heterocycles. The smallest absolute Gasteiger partial charge is 0.263 e. The van der Waals surface area contributed by atoms with Crippen molar-refractivity contribution in [1.29, 1.82) is 0 Å². The van der Waals surface area contributed by atoms with Gasteiger partial charge in [-0.2, -0.15) is 0 Å². The van der Waals surface area contributed by atoms with Crippen LogP contribution in [0.1, 0.15) is 11.1 Å². The van der Waals surface area contributed by atoms with Crippen LogP contribution in [0.3, 0.4) is 0 Å². The third kappa shape index (κ3) is 3.42. The predicted octanol–water partition coefficient (Wildman–Crippen LogP) is 4.63. The van der Waals surface area contributed by atoms with E-state index in [1.807, 2.05) is 26.0 Å². The van der Waals surface area contributed by atoms with Gasteiger partial charge in [0.1, 0.15) is 4.90 Å². The normalized spacial score (nSPS) is 11.4. The van der Waals surface area contributed by atoms with Crippen LogP contribution in [0, 0.1) is 13.8 Å². The van der Waals surface area contributed by atoms with E-state index in [-0.39, 0.29) is 4.90 Å². The summed E-state index contributed by atoms with van der Waals surface area (Å²) in [5.41, 5.74) is 2.72. The summed E-state index contributed by atoms with van der Waals surface area (Å²) in [7, 11) is -3.61. The lowest BCUT2D eigenvalue weighted by Crippen LogP contribution is -2.13. The maximum Gasteiger partial charge on any atom is 0.263 e. The number of anilines is 1. The topological polar surface area (TPSA) is 46.2 Å². The Morgan fingerprint density at radius 1 is 0.950 bits per heavy atom. The number of aryl methyl sites for hydroxylation is 2. The monoisotopic (exact) mass is 417 g/mol. The first-order valence-corrected chi connectivity index (χ1v) is 8.91. The first-order valence-electron chi connectivity index (χ1n) is 5.85. The Labute approximate surface area is 135 Å². The second-order valence-electron chi connectivity index (χ2n) is 4.48. The van der Waals surface area contributed by atoms with Gasteiger partial charge in [0.2, 0.25) is 0 Å². The number of sulfonamides is 1. The number of hydrogen-bond acceptors (Lipinski definition) is 2. The zero-order valence-corrected chi connectivity index (χ0v) is 14.9. The minimum atomic E-state index is -3.61. The van der Waals surface area contributed by atoms with Gasteiger partial charge in [0.05, 0.1) is 0 Å². The molecule has 106 valence electrons. The molecule has 0 unspecified atom stereocenters. The average molecular weight is 419 g/mol. The Bertz CT molecular complexity index is 758. The molecule has 0 saturated carbocycles. The summed E-state index contributed by atoms with van der Waals surface area (Å²) < 4.78 is 28.7. The zero-order chi connectivity index (χ0) is 14.9. The molecule has 0 aliphatic rings. The molecular weight excluding hydrogens is 406 g/mol. The first kappa shape index (κ1) is 15.5. The zero-order valence-electron chi connectivity index (χ0n) is 10.9. The number of halogens is 2. The quantitative estimate of drug-likeness (QED) is 0.789. The summed E-state index contributed by atoms with van der Waals surface area (Å²) in [6.45, 7) is 3.93. The second kappa shape index (κ2) is 5.87. The van der Waals surface area contributed by atoms with Crippen LogP contribution in [0.2, 0.25) is 0 Å². The molecule has 0 heterocycles. The molecule has 0 aromatic heterocycles. The fourth-order valence-electron chi connectivity index (χ4n) is 1.71. The van der Waals surface area contributed by atoms with Gasteiger partial charge in [-0.25, -0.2) is 8.42 Å². The molecular formula is C14H13Br2NO2S. The number of benzene rings is 2. The summed E-state index contributed by atoms with van der Waals surface area (Å²) in [5.74, 6) is 0. The van der Waals surface area contributed by atoms with E-state index in [0.717, 1.165) is 15.6 Å². The highest BCUT2D eigenvalue weighted by molar-refractivity contribution is 9.11. The standard InChI is InChI=1S/C14H13Br2NO2S/c1-9-3-5-12(7-10(9)2)17-20(18,19)14-6-4-11(15)8-13(14)16/h3-8,17H,1-2H3. The predicted molar refractivity (Wildman–Crippen MR) is 88.6 cm³/mol. The van der Waals surface area contributed by atoms with Crippen molar-refractivity contribution >= 4 is 47.6 Å². The van der Waals surface area contributed by atoms with Gasteiger partial charge in [-0.3, -0.25) is 4.72 Å². The summed E-state index contributed by atoms with van der Waals surface area (Å²) in [5, 5.41) is 0. The molecule has 20 heavy (non-hydrogen) atoms. The van der Waals surface area contributed by atoms with Crippen LogP contribution in [0.25, 0.3) is 0 Å². The largest absolute Gasteiger partial charge is 0.280 e. The Morgan fingerprint density at radius 2 is 1.65 bits per heavy atom. The van der Waals surface area contributed by atoms with E-state index in [9.17, 15) is 8.42 Å². The maximum atomic E-state index is 12.4. The molecule has 0 atom stereocenters. The van der Waals surface area contributed by atoms with Crippen molar-refractivity contribution in [1.82, 2.24) is 0 Å². The van der Waals surface area contributed by atoms with Crippen molar-refractivity contribution < 1.29 is 8.42 Å². The van der Waals surface area contributed by atoms with Crippen molar-refractivity contribution in [2.75, 3.05) is 4.72 Å². The van der Waals surface area contributed by atoms with Gasteiger partial charge in [-0.15, -0.1) is 0 Å². The molecule has 1 N–H and O–H groups in total. The van der Waals surface area contributed by atoms with E-state index < -0.39 is 10.0 Å². The van der Waals surface area contributed by atoms with Gasteiger partial charge >= 0.3 is 0 Å². The number of hydrogen-bond donors (Lipinski definition) is 1. The van der Waals surface area contributed by atoms with Crippen LogP contribution in [-0.2, 0) is 10.0 Å². The van der Waals surface area contributed by atoms with Gasteiger partial charge < -0.3 is 0 Å². The van der Waals surface area contributed by atoms with E-state index in [1.165, 1.54) is 0 Å². The fraction of sp³-hybridized carbons (Fsp3) is 0.143. The molecule has 0 saturated heterocycles. The molecule has 3 nitrogen and oxygen atoms in total. The van der Waals surface area contributed by atoms with Gasteiger partial charge in [0.25, 0.3) is 10.0 Å². The van der Waals surface area contributed by atoms with Crippen molar-refractivity contribution in [2.45, 2.75) is 18.7 Å². The number of rotatable bonds is 3. The van der Waals surface area contributed by atoms with E-state index in [4.69, 9.17) is 0 Å². The molecule has 2 rings (SSSR count). The molecule has 0 radical (unpaired) electrons. The van der Waals surface area contributed by atoms with Crippen LogP contribution in [0.15, 0.2) is 50.2 Å². The number of nitrogens with one attached hydrogen (secondary N) is 1. The highest BCUT2D eigenvalue weighted by atomic mass is 79.9. The van der Waals surface area contributed by atoms with Crippen LogP contribution >= 0.6 is 31.9 Å². The first-order chi connectivity index (χ1) is 9.29. The maximum absolute atomic E-state index is 12.4. The van der Waals surface area contributed by atoms with E-state index >= 15 is 0 Å². The molecule has 2 aromatic rings. The Kier molecular flexibility index (Phi) is 4.56. The van der Waals surface area contributed by atoms with Crippen molar-refractivity contribution in [3.63, 3.8) is 0 Å². The lowest BCUT2D eigenvalue weighted by molar-refractivity contribution is 0.600. The van der Waals surface area contributed by atoms with Crippen LogP contribution in [0.4, 0.5) is 5.69 Å². The summed E-state index contributed by atoms with van der Waals surface area (Å²) in [4.78, 5) is 0.207. The lowest BCUT2D eigenvalue weighted by atomic mass is 10.1. The summed E-state index contributed by atoms with van der Waals surface area (Å²) in [6, 6.07) is 10.4. The van der Waals surface area contributed by atoms with Crippen LogP contribution < -0.4 is 4.72 Å². The minimum absolute atomic E-state index is 0.207. The molecule has 0 bridgehead atoms. The highest BCUT2D eigenvalue weighted by Gasteiger charge is 2.18. The minimum Gasteiger partial charge on any atom is -0.280 e. The van der Waals surface area contributed by atoms with E-state index in [0.29, 0.717) is 10.2 Å². The summed E-state index contributed by atoms with van der Waals surface area (Å²) in [6.07, 6.45) is 0. The third-order valence-corrected chi connectivity index (χ3v) is 5.79. The molecule has 0 spiro atoms. The van der Waals surface area contributed by atoms with Gasteiger partial charge in [0, 0.05) is 14.6 Å². The van der Waals surface area contributed by atoms with Crippen molar-refractivity contribution in [3.05, 3.63) is 56.5 Å². The SMILES string of the molecule is Cc1ccc(NS(=O)(=O)c2ccc(Br)cc2Br)cc1C. The van der Waals surface area contributed by atoms with E-state index in [1.54, 1.807) is 24.3 Å². The molecule has 0 aliphatic carbocycles. The van der Waals surface area contributed by atoms with Gasteiger partial charge in [-0.1, -0.05) is 22.0 Å². The van der Waals surface area contributed by atoms with Crippen LogP contribution in [-0.4, -0.2) is 8.42 Å². The fourth-order valence-corrected chi connectivity index (χ4v) is 4.50. The third-order valence-electron chi connectivity index (χ3n) is 2.94. The highest BCUT2D eigenvalue weighted by Crippen LogP contribution is 2.27. The molecule has 6 heteroatoms. The lowest BCUT2D eigenvalue weighted by Gasteiger charge is -2.11. The summed E-state index contributed by atoms with van der Waals surface area (Å²) >= 11 is 6.58. The Balaban J connectivity index is 2.38. The Hall–Kier alpha value is -0.850. The van der Waals surface area contributed by atoms with Crippen molar-refractivity contribution in [3.8, 4) is 0 Å².